The second-order valence-electron chi connectivity index (χ2n) is 5.75. The summed E-state index contributed by atoms with van der Waals surface area (Å²) in [6.07, 6.45) is 0.512. The Morgan fingerprint density at radius 1 is 1.28 bits per heavy atom. The standard InChI is InChI=1S/C16H23N3O10/c1-3-12(18-8-6-7-13(18)20)14(21)17-15(22)26-9-4-5-10-27-16(23)28-11(2)29-19(24)25/h4-5,11-12H,3,6-10H2,1-2H3,(H,17,21,22)/t11?,12-/m0/s1. The van der Waals surface area contributed by atoms with Gasteiger partial charge in [0.1, 0.15) is 19.3 Å². The van der Waals surface area contributed by atoms with E-state index in [1.165, 1.54) is 17.1 Å². The zero-order valence-corrected chi connectivity index (χ0v) is 16.0. The molecule has 29 heavy (non-hydrogen) atoms. The lowest BCUT2D eigenvalue weighted by Gasteiger charge is -2.25. The van der Waals surface area contributed by atoms with Crippen molar-refractivity contribution >= 4 is 24.1 Å². The number of ether oxygens (including phenoxy) is 3. The number of hydrogen-bond acceptors (Lipinski definition) is 10. The Kier molecular flexibility index (Phi) is 9.91. The van der Waals surface area contributed by atoms with Crippen molar-refractivity contribution in [1.29, 1.82) is 0 Å². The van der Waals surface area contributed by atoms with E-state index in [-0.39, 0.29) is 19.1 Å². The van der Waals surface area contributed by atoms with Crippen molar-refractivity contribution in [3.05, 3.63) is 22.3 Å². The highest BCUT2D eigenvalue weighted by Gasteiger charge is 2.32. The van der Waals surface area contributed by atoms with Gasteiger partial charge in [-0.2, -0.15) is 0 Å². The van der Waals surface area contributed by atoms with Crippen LogP contribution >= 0.6 is 0 Å². The molecule has 1 rings (SSSR count). The van der Waals surface area contributed by atoms with Crippen LogP contribution in [0.1, 0.15) is 33.1 Å². The fourth-order valence-electron chi connectivity index (χ4n) is 2.45. The van der Waals surface area contributed by atoms with E-state index in [1.807, 2.05) is 0 Å². The number of nitrogens with one attached hydrogen (secondary N) is 1. The van der Waals surface area contributed by atoms with Crippen LogP contribution in [0.3, 0.4) is 0 Å². The Morgan fingerprint density at radius 2 is 1.93 bits per heavy atom. The van der Waals surface area contributed by atoms with Gasteiger partial charge in [0.2, 0.25) is 12.2 Å². The van der Waals surface area contributed by atoms with E-state index < -0.39 is 35.6 Å². The van der Waals surface area contributed by atoms with Gasteiger partial charge in [0.05, 0.1) is 0 Å². The first-order valence-corrected chi connectivity index (χ1v) is 8.81. The summed E-state index contributed by atoms with van der Waals surface area (Å²) < 4.78 is 13.8. The number of rotatable bonds is 10. The fraction of sp³-hybridized carbons (Fsp3) is 0.625. The van der Waals surface area contributed by atoms with Crippen LogP contribution in [-0.2, 0) is 28.6 Å². The van der Waals surface area contributed by atoms with Gasteiger partial charge in [-0.05, 0) is 31.9 Å². The van der Waals surface area contributed by atoms with Crippen molar-refractivity contribution in [2.45, 2.75) is 45.4 Å². The van der Waals surface area contributed by atoms with Gasteiger partial charge >= 0.3 is 12.2 Å². The molecule has 1 heterocycles. The van der Waals surface area contributed by atoms with Crippen LogP contribution in [-0.4, -0.2) is 66.1 Å². The summed E-state index contributed by atoms with van der Waals surface area (Å²) in [5.41, 5.74) is 0. The summed E-state index contributed by atoms with van der Waals surface area (Å²) in [5.74, 6) is -0.741. The summed E-state index contributed by atoms with van der Waals surface area (Å²) in [5, 5.41) is 11.0. The van der Waals surface area contributed by atoms with Gasteiger partial charge in [-0.25, -0.2) is 9.59 Å². The zero-order chi connectivity index (χ0) is 21.8. The summed E-state index contributed by atoms with van der Waals surface area (Å²) >= 11 is 0. The first-order chi connectivity index (χ1) is 13.7. The molecule has 13 nitrogen and oxygen atoms in total. The Labute approximate surface area is 166 Å². The lowest BCUT2D eigenvalue weighted by Crippen LogP contribution is -2.48. The highest BCUT2D eigenvalue weighted by Crippen LogP contribution is 2.15. The first-order valence-electron chi connectivity index (χ1n) is 8.81. The van der Waals surface area contributed by atoms with Crippen molar-refractivity contribution in [2.75, 3.05) is 19.8 Å². The summed E-state index contributed by atoms with van der Waals surface area (Å²) in [4.78, 5) is 62.1. The lowest BCUT2D eigenvalue weighted by atomic mass is 10.2. The predicted octanol–water partition coefficient (Wildman–Crippen LogP) is 0.904. The number of hydrogen-bond donors (Lipinski definition) is 1. The number of likely N-dealkylation sites (tertiary alicyclic amines) is 1. The molecule has 2 atom stereocenters. The molecule has 162 valence electrons. The number of nitrogens with zero attached hydrogens (tertiary/aromatic N) is 2. The summed E-state index contributed by atoms with van der Waals surface area (Å²) in [6.45, 7) is 2.89. The molecule has 0 aromatic carbocycles. The van der Waals surface area contributed by atoms with E-state index in [4.69, 9.17) is 4.74 Å². The molecule has 0 saturated carbocycles. The first kappa shape index (κ1) is 23.7. The smallest absolute Gasteiger partial charge is 0.445 e. The normalized spacial score (nSPS) is 15.5. The van der Waals surface area contributed by atoms with Crippen molar-refractivity contribution in [3.63, 3.8) is 0 Å². The van der Waals surface area contributed by atoms with E-state index >= 15 is 0 Å². The minimum absolute atomic E-state index is 0.124. The summed E-state index contributed by atoms with van der Waals surface area (Å²) in [7, 11) is 0. The SMILES string of the molecule is CC[C@@H](C(=O)NC(=O)OCC=CCOC(=O)OC(C)O[N+](=O)[O-])N1CCCC1=O. The predicted molar refractivity (Wildman–Crippen MR) is 93.6 cm³/mol. The van der Waals surface area contributed by atoms with Gasteiger partial charge < -0.3 is 19.1 Å². The summed E-state index contributed by atoms with van der Waals surface area (Å²) in [6, 6.07) is -0.728. The van der Waals surface area contributed by atoms with Gasteiger partial charge in [-0.1, -0.05) is 6.92 Å². The van der Waals surface area contributed by atoms with E-state index in [2.05, 4.69) is 19.6 Å². The monoisotopic (exact) mass is 417 g/mol. The van der Waals surface area contributed by atoms with Gasteiger partial charge in [0.15, 0.2) is 0 Å². The van der Waals surface area contributed by atoms with Crippen LogP contribution in [0.2, 0.25) is 0 Å². The quantitative estimate of drug-likeness (QED) is 0.177. The maximum atomic E-state index is 12.1. The molecular weight excluding hydrogens is 394 g/mol. The molecule has 0 aliphatic carbocycles. The van der Waals surface area contributed by atoms with Crippen LogP contribution in [0.15, 0.2) is 12.2 Å². The molecule has 0 spiro atoms. The van der Waals surface area contributed by atoms with Crippen LogP contribution < -0.4 is 5.32 Å². The molecule has 1 aliphatic rings. The van der Waals surface area contributed by atoms with E-state index in [0.29, 0.717) is 25.8 Å². The van der Waals surface area contributed by atoms with Gasteiger partial charge in [0, 0.05) is 13.0 Å². The van der Waals surface area contributed by atoms with Gasteiger partial charge in [0.25, 0.3) is 11.0 Å². The highest BCUT2D eigenvalue weighted by molar-refractivity contribution is 5.97. The fourth-order valence-corrected chi connectivity index (χ4v) is 2.45. The van der Waals surface area contributed by atoms with Crippen molar-refractivity contribution in [2.24, 2.45) is 0 Å². The number of carbonyl (C=O) groups excluding carboxylic acids is 4. The molecule has 1 N–H and O–H groups in total. The average Bonchev–Trinajstić information content (AvgIpc) is 3.03. The van der Waals surface area contributed by atoms with E-state index in [1.54, 1.807) is 6.92 Å². The zero-order valence-electron chi connectivity index (χ0n) is 16.0. The Hall–Kier alpha value is -3.38. The van der Waals surface area contributed by atoms with Crippen molar-refractivity contribution < 1.29 is 43.3 Å². The molecule has 1 saturated heterocycles. The maximum Gasteiger partial charge on any atom is 0.510 e. The molecule has 13 heteroatoms. The molecule has 0 radical (unpaired) electrons. The Morgan fingerprint density at radius 3 is 2.48 bits per heavy atom. The minimum atomic E-state index is -1.42. The molecule has 3 amide bonds. The van der Waals surface area contributed by atoms with Crippen molar-refractivity contribution in [3.8, 4) is 0 Å². The number of imide groups is 1. The molecule has 0 aromatic rings. The maximum absolute atomic E-state index is 12.1. The third-order valence-corrected chi connectivity index (χ3v) is 3.67. The van der Waals surface area contributed by atoms with Crippen LogP contribution in [0.25, 0.3) is 0 Å². The topological polar surface area (TPSA) is 164 Å². The number of carbonyl (C=O) groups is 4. The van der Waals surface area contributed by atoms with E-state index in [0.717, 1.165) is 6.92 Å². The third-order valence-electron chi connectivity index (χ3n) is 3.67. The number of amides is 3. The van der Waals surface area contributed by atoms with Gasteiger partial charge in [-0.15, -0.1) is 10.1 Å². The molecule has 1 aliphatic heterocycles. The van der Waals surface area contributed by atoms with Crippen LogP contribution in [0, 0.1) is 10.1 Å². The van der Waals surface area contributed by atoms with Crippen LogP contribution in [0.4, 0.5) is 9.59 Å². The molecule has 0 aromatic heterocycles. The largest absolute Gasteiger partial charge is 0.510 e. The Balaban J connectivity index is 2.24. The highest BCUT2D eigenvalue weighted by atomic mass is 17.0. The minimum Gasteiger partial charge on any atom is -0.445 e. The molecular formula is C16H23N3O10. The Bertz CT molecular complexity index is 651. The van der Waals surface area contributed by atoms with Crippen LogP contribution in [0.5, 0.6) is 0 Å². The van der Waals surface area contributed by atoms with Crippen molar-refractivity contribution in [1.82, 2.24) is 10.2 Å². The lowest BCUT2D eigenvalue weighted by molar-refractivity contribution is -0.777. The van der Waals surface area contributed by atoms with E-state index in [9.17, 15) is 29.3 Å². The third kappa shape index (κ3) is 8.90. The molecule has 0 bridgehead atoms. The molecule has 1 unspecified atom stereocenters. The molecule has 1 fully saturated rings. The second-order valence-corrected chi connectivity index (χ2v) is 5.75. The number of alkyl carbamates (subject to hydrolysis) is 1. The van der Waals surface area contributed by atoms with Gasteiger partial charge in [-0.3, -0.25) is 19.7 Å². The second kappa shape index (κ2) is 12.2. The average molecular weight is 417 g/mol.